The third-order valence-corrected chi connectivity index (χ3v) is 2.93. The molecule has 0 heterocycles. The fourth-order valence-electron chi connectivity index (χ4n) is 1.51. The number of hydrogen-bond donors (Lipinski definition) is 0. The summed E-state index contributed by atoms with van der Waals surface area (Å²) in [5, 5.41) is 23.9. The molecule has 0 amide bonds. The van der Waals surface area contributed by atoms with Gasteiger partial charge in [-0.2, -0.15) is 0 Å². The van der Waals surface area contributed by atoms with Crippen LogP contribution in [0.4, 0.5) is 0 Å². The minimum Gasteiger partial charge on any atom is -0.543 e. The van der Waals surface area contributed by atoms with Gasteiger partial charge < -0.3 is 24.6 Å². The Morgan fingerprint density at radius 2 is 1.50 bits per heavy atom. The molecule has 0 aliphatic carbocycles. The Hall–Kier alpha value is -0.960. The molecule has 0 radical (unpaired) electrons. The van der Waals surface area contributed by atoms with Crippen LogP contribution < -0.4 is 69.3 Å². The second-order valence-corrected chi connectivity index (χ2v) is 5.83. The van der Waals surface area contributed by atoms with Gasteiger partial charge in [-0.3, -0.25) is 4.79 Å². The molecule has 9 heteroatoms. The molecule has 0 unspecified atom stereocenters. The molecule has 0 bridgehead atoms. The molecule has 7 nitrogen and oxygen atoms in total. The van der Waals surface area contributed by atoms with E-state index < -0.39 is 23.6 Å². The number of ketones is 1. The number of carboxylic acid groups (broad SMARTS) is 2. The molecule has 0 saturated carbocycles. The second-order valence-electron chi connectivity index (χ2n) is 5.83. The van der Waals surface area contributed by atoms with Gasteiger partial charge >= 0.3 is 59.1 Å². The van der Waals surface area contributed by atoms with Crippen molar-refractivity contribution in [2.75, 3.05) is 6.61 Å². The molecule has 1 aromatic carbocycles. The summed E-state index contributed by atoms with van der Waals surface area (Å²) in [7, 11) is 0. The maximum absolute atomic E-state index is 10.7. The van der Waals surface area contributed by atoms with Crippen LogP contribution in [-0.2, 0) is 19.2 Å². The molecular formula is C19H23NNa2O6. The Labute approximate surface area is 209 Å². The summed E-state index contributed by atoms with van der Waals surface area (Å²) in [5.41, 5.74) is 0.970. The van der Waals surface area contributed by atoms with Gasteiger partial charge in [-0.15, -0.1) is 0 Å². The number of carbonyl (C=O) groups excluding carboxylic acids is 3. The van der Waals surface area contributed by atoms with E-state index in [2.05, 4.69) is 5.16 Å². The van der Waals surface area contributed by atoms with E-state index in [9.17, 15) is 24.6 Å². The Morgan fingerprint density at radius 3 is 1.86 bits per heavy atom. The number of rotatable bonds is 8. The van der Waals surface area contributed by atoms with Crippen molar-refractivity contribution in [1.82, 2.24) is 0 Å². The predicted octanol–water partition coefficient (Wildman–Crippen LogP) is -5.55. The molecule has 1 rings (SSSR count). The van der Waals surface area contributed by atoms with Crippen LogP contribution >= 0.6 is 0 Å². The van der Waals surface area contributed by atoms with Crippen LogP contribution in [0, 0.1) is 11.8 Å². The molecule has 0 aromatic heterocycles. The van der Waals surface area contributed by atoms with Crippen molar-refractivity contribution in [2.24, 2.45) is 17.0 Å². The SMILES string of the molecule is CC(C)C(=NOCC=Cc1ccccc1)C(=O)[O-].CC(C)C(=O)C(=O)[O-].[Na+].[Na+]. The van der Waals surface area contributed by atoms with Gasteiger partial charge in [0.15, 0.2) is 5.78 Å². The van der Waals surface area contributed by atoms with E-state index in [0.717, 1.165) is 5.56 Å². The Bertz CT molecular complexity index is 658. The second kappa shape index (κ2) is 18.1. The number of Topliss-reactive ketones (excluding diaryl/α,β-unsaturated/α-hetero) is 1. The molecule has 0 atom stereocenters. The monoisotopic (exact) mass is 407 g/mol. The van der Waals surface area contributed by atoms with Gasteiger partial charge in [-0.25, -0.2) is 0 Å². The number of carboxylic acids is 2. The first-order chi connectivity index (χ1) is 12.2. The predicted molar refractivity (Wildman–Crippen MR) is 93.6 cm³/mol. The van der Waals surface area contributed by atoms with Crippen LogP contribution in [0.3, 0.4) is 0 Å². The van der Waals surface area contributed by atoms with Crippen LogP contribution in [0.5, 0.6) is 0 Å². The first kappa shape index (κ1) is 31.7. The van der Waals surface area contributed by atoms with Crippen LogP contribution in [0.2, 0.25) is 0 Å². The first-order valence-corrected chi connectivity index (χ1v) is 8.04. The van der Waals surface area contributed by atoms with E-state index in [1.54, 1.807) is 19.9 Å². The number of oxime groups is 1. The Kier molecular flexibility index (Phi) is 20.5. The quantitative estimate of drug-likeness (QED) is 0.139. The van der Waals surface area contributed by atoms with Crippen molar-refractivity contribution >= 4 is 29.5 Å². The van der Waals surface area contributed by atoms with Crippen LogP contribution in [-0.4, -0.2) is 30.0 Å². The fourth-order valence-corrected chi connectivity index (χ4v) is 1.51. The molecule has 0 saturated heterocycles. The minimum absolute atomic E-state index is 0. The van der Waals surface area contributed by atoms with Gasteiger partial charge in [0.25, 0.3) is 0 Å². The number of benzene rings is 1. The van der Waals surface area contributed by atoms with Crippen LogP contribution in [0.25, 0.3) is 6.08 Å². The van der Waals surface area contributed by atoms with Crippen LogP contribution in [0.1, 0.15) is 33.3 Å². The minimum atomic E-state index is -1.60. The summed E-state index contributed by atoms with van der Waals surface area (Å²) in [5.74, 6) is -4.42. The van der Waals surface area contributed by atoms with Crippen molar-refractivity contribution in [3.05, 3.63) is 42.0 Å². The molecular weight excluding hydrogens is 384 g/mol. The maximum atomic E-state index is 10.7. The van der Waals surface area contributed by atoms with Crippen molar-refractivity contribution < 1.29 is 88.5 Å². The van der Waals surface area contributed by atoms with E-state index in [4.69, 9.17) is 4.84 Å². The van der Waals surface area contributed by atoms with Gasteiger partial charge in [0, 0.05) is 11.8 Å². The number of carbonyl (C=O) groups is 3. The zero-order chi connectivity index (χ0) is 20.1. The molecule has 142 valence electrons. The Morgan fingerprint density at radius 1 is 0.964 bits per heavy atom. The summed E-state index contributed by atoms with van der Waals surface area (Å²) < 4.78 is 0. The fraction of sp³-hybridized carbons (Fsp3) is 0.368. The molecule has 0 N–H and O–H groups in total. The Balaban J connectivity index is -0.000000537. The molecule has 0 aliphatic heterocycles. The summed E-state index contributed by atoms with van der Waals surface area (Å²) in [6.07, 6.45) is 3.65. The summed E-state index contributed by atoms with van der Waals surface area (Å²) in [6.45, 7) is 6.68. The molecule has 1 aromatic rings. The number of hydrogen-bond acceptors (Lipinski definition) is 7. The number of nitrogens with zero attached hydrogens (tertiary/aromatic N) is 1. The van der Waals surface area contributed by atoms with E-state index in [-0.39, 0.29) is 77.4 Å². The van der Waals surface area contributed by atoms with Crippen molar-refractivity contribution in [3.63, 3.8) is 0 Å². The van der Waals surface area contributed by atoms with Crippen molar-refractivity contribution in [1.29, 1.82) is 0 Å². The summed E-state index contributed by atoms with van der Waals surface area (Å²) >= 11 is 0. The van der Waals surface area contributed by atoms with Crippen LogP contribution in [0.15, 0.2) is 41.6 Å². The van der Waals surface area contributed by atoms with Gasteiger partial charge in [-0.1, -0.05) is 69.3 Å². The van der Waals surface area contributed by atoms with E-state index in [1.165, 1.54) is 13.8 Å². The third-order valence-electron chi connectivity index (χ3n) is 2.93. The zero-order valence-electron chi connectivity index (χ0n) is 17.3. The van der Waals surface area contributed by atoms with E-state index in [0.29, 0.717) is 0 Å². The molecule has 28 heavy (non-hydrogen) atoms. The average molecular weight is 407 g/mol. The summed E-state index contributed by atoms with van der Waals surface area (Å²) in [4.78, 5) is 35.5. The van der Waals surface area contributed by atoms with Gasteiger partial charge in [0.05, 0.1) is 5.97 Å². The standard InChI is InChI=1S/C14H17NO3.C5H8O3.2Na/c1-11(2)13(14(16)17)15-18-10-6-9-12-7-4-3-5-8-12;1-3(2)4(6)5(7)8;;/h3-9,11H,10H2,1-2H3,(H,16,17);3H,1-2H3,(H,7,8);;/q;;2*+1/p-2. The maximum Gasteiger partial charge on any atom is 1.00 e. The van der Waals surface area contributed by atoms with E-state index in [1.807, 2.05) is 36.4 Å². The molecule has 0 fully saturated rings. The molecule has 0 aliphatic rings. The van der Waals surface area contributed by atoms with Crippen molar-refractivity contribution in [3.8, 4) is 0 Å². The smallest absolute Gasteiger partial charge is 0.543 e. The topological polar surface area (TPSA) is 119 Å². The van der Waals surface area contributed by atoms with Gasteiger partial charge in [0.1, 0.15) is 18.3 Å². The normalized spacial score (nSPS) is 10.4. The third kappa shape index (κ3) is 15.0. The van der Waals surface area contributed by atoms with Gasteiger partial charge in [0.2, 0.25) is 0 Å². The summed E-state index contributed by atoms with van der Waals surface area (Å²) in [6, 6.07) is 9.73. The largest absolute Gasteiger partial charge is 1.00 e. The zero-order valence-corrected chi connectivity index (χ0v) is 21.3. The van der Waals surface area contributed by atoms with E-state index >= 15 is 0 Å². The molecule has 0 spiro atoms. The first-order valence-electron chi connectivity index (χ1n) is 8.04. The average Bonchev–Trinajstić information content (AvgIpc) is 2.57. The van der Waals surface area contributed by atoms with Crippen molar-refractivity contribution in [2.45, 2.75) is 27.7 Å². The van der Waals surface area contributed by atoms with Gasteiger partial charge in [-0.05, 0) is 11.6 Å². The number of aliphatic carboxylic acids is 2.